The Balaban J connectivity index is 1.15. The highest BCUT2D eigenvalue weighted by Gasteiger charge is 2.28. The first kappa shape index (κ1) is 26.1. The number of ether oxygens (including phenoxy) is 1. The van der Waals surface area contributed by atoms with Crippen molar-refractivity contribution in [1.29, 1.82) is 0 Å². The molecule has 0 N–H and O–H groups in total. The number of carbonyl (C=O) groups is 1. The van der Waals surface area contributed by atoms with Gasteiger partial charge in [0.25, 0.3) is 0 Å². The SMILES string of the molecule is Cc1nc(Cc2ccccc2)nn1C1CCN(CCC(SC(=O)C2CCOCC2)c2ccccc2)CC1. The second kappa shape index (κ2) is 12.9. The highest BCUT2D eigenvalue weighted by molar-refractivity contribution is 8.13. The van der Waals surface area contributed by atoms with Gasteiger partial charge in [-0.1, -0.05) is 72.4 Å². The van der Waals surface area contributed by atoms with Crippen LogP contribution in [0.2, 0.25) is 0 Å². The monoisotopic (exact) mass is 518 g/mol. The van der Waals surface area contributed by atoms with Crippen molar-refractivity contribution >= 4 is 16.9 Å². The Morgan fingerprint density at radius 2 is 1.68 bits per heavy atom. The molecule has 196 valence electrons. The number of thioether (sulfide) groups is 1. The van der Waals surface area contributed by atoms with Crippen LogP contribution in [0, 0.1) is 12.8 Å². The number of hydrogen-bond donors (Lipinski definition) is 0. The second-order valence-electron chi connectivity index (χ2n) is 10.3. The third kappa shape index (κ3) is 7.09. The lowest BCUT2D eigenvalue weighted by Crippen LogP contribution is -2.36. The molecule has 7 heteroatoms. The molecule has 6 nitrogen and oxygen atoms in total. The number of carbonyl (C=O) groups excluding carboxylic acids is 1. The minimum Gasteiger partial charge on any atom is -0.381 e. The van der Waals surface area contributed by atoms with Crippen molar-refractivity contribution in [1.82, 2.24) is 19.7 Å². The Morgan fingerprint density at radius 3 is 2.38 bits per heavy atom. The Morgan fingerprint density at radius 1 is 1.00 bits per heavy atom. The number of aromatic nitrogens is 3. The van der Waals surface area contributed by atoms with Crippen LogP contribution in [-0.4, -0.2) is 57.6 Å². The number of hydrogen-bond acceptors (Lipinski definition) is 6. The molecule has 0 spiro atoms. The van der Waals surface area contributed by atoms with Gasteiger partial charge in [0.1, 0.15) is 5.82 Å². The van der Waals surface area contributed by atoms with Gasteiger partial charge in [-0.2, -0.15) is 5.10 Å². The number of benzene rings is 2. The Kier molecular flexibility index (Phi) is 9.08. The normalized spacial score (nSPS) is 18.6. The largest absolute Gasteiger partial charge is 0.381 e. The average molecular weight is 519 g/mol. The third-order valence-electron chi connectivity index (χ3n) is 7.65. The zero-order chi connectivity index (χ0) is 25.5. The van der Waals surface area contributed by atoms with Crippen molar-refractivity contribution < 1.29 is 9.53 Å². The summed E-state index contributed by atoms with van der Waals surface area (Å²) < 4.78 is 7.62. The fourth-order valence-corrected chi connectivity index (χ4v) is 6.70. The zero-order valence-corrected chi connectivity index (χ0v) is 22.6. The van der Waals surface area contributed by atoms with Gasteiger partial charge in [-0.05, 0) is 56.7 Å². The molecule has 1 unspecified atom stereocenters. The summed E-state index contributed by atoms with van der Waals surface area (Å²) in [6.45, 7) is 6.61. The van der Waals surface area contributed by atoms with Crippen molar-refractivity contribution in [2.45, 2.75) is 56.7 Å². The summed E-state index contributed by atoms with van der Waals surface area (Å²) in [7, 11) is 0. The average Bonchev–Trinajstić information content (AvgIpc) is 3.32. The number of rotatable bonds is 9. The molecule has 2 aromatic carbocycles. The van der Waals surface area contributed by atoms with Crippen molar-refractivity contribution in [3.8, 4) is 0 Å². The smallest absolute Gasteiger partial charge is 0.192 e. The number of piperidine rings is 1. The molecule has 0 amide bonds. The van der Waals surface area contributed by atoms with Gasteiger partial charge in [0.15, 0.2) is 10.9 Å². The zero-order valence-electron chi connectivity index (χ0n) is 21.8. The van der Waals surface area contributed by atoms with Crippen LogP contribution in [0.5, 0.6) is 0 Å². The first-order valence-corrected chi connectivity index (χ1v) is 14.5. The van der Waals surface area contributed by atoms with E-state index >= 15 is 0 Å². The van der Waals surface area contributed by atoms with Crippen LogP contribution in [0.4, 0.5) is 0 Å². The summed E-state index contributed by atoms with van der Waals surface area (Å²) in [5.74, 6) is 2.05. The van der Waals surface area contributed by atoms with Gasteiger partial charge in [0, 0.05) is 43.9 Å². The molecule has 0 saturated carbocycles. The van der Waals surface area contributed by atoms with Crippen LogP contribution in [0.15, 0.2) is 60.7 Å². The number of likely N-dealkylation sites (tertiary alicyclic amines) is 1. The van der Waals surface area contributed by atoms with Crippen LogP contribution in [-0.2, 0) is 16.0 Å². The molecular weight excluding hydrogens is 480 g/mol. The summed E-state index contributed by atoms with van der Waals surface area (Å²) in [5.41, 5.74) is 2.50. The molecular formula is C30H38N4O2S. The fourth-order valence-electron chi connectivity index (χ4n) is 5.47. The van der Waals surface area contributed by atoms with Gasteiger partial charge in [0.2, 0.25) is 0 Å². The number of aryl methyl sites for hydroxylation is 1. The van der Waals surface area contributed by atoms with E-state index in [1.54, 1.807) is 11.8 Å². The van der Waals surface area contributed by atoms with Gasteiger partial charge in [-0.25, -0.2) is 9.67 Å². The lowest BCUT2D eigenvalue weighted by Gasteiger charge is -2.33. The molecule has 5 rings (SSSR count). The molecule has 2 fully saturated rings. The standard InChI is InChI=1S/C30H38N4O2S/c1-23-31-29(22-24-8-4-2-5-9-24)32-34(23)27-12-17-33(18-13-27)19-14-28(25-10-6-3-7-11-25)37-30(35)26-15-20-36-21-16-26/h2-11,26-28H,12-22H2,1H3. The van der Waals surface area contributed by atoms with E-state index in [1.807, 2.05) is 12.1 Å². The van der Waals surface area contributed by atoms with Crippen molar-refractivity contribution in [3.05, 3.63) is 83.4 Å². The van der Waals surface area contributed by atoms with E-state index in [1.165, 1.54) is 11.1 Å². The first-order valence-electron chi connectivity index (χ1n) is 13.7. The third-order valence-corrected chi connectivity index (χ3v) is 9.00. The minimum atomic E-state index is 0.137. The van der Waals surface area contributed by atoms with E-state index in [-0.39, 0.29) is 11.2 Å². The summed E-state index contributed by atoms with van der Waals surface area (Å²) in [6, 6.07) is 21.4. The molecule has 0 radical (unpaired) electrons. The van der Waals surface area contributed by atoms with E-state index in [0.29, 0.717) is 24.4 Å². The van der Waals surface area contributed by atoms with Gasteiger partial charge < -0.3 is 9.64 Å². The van der Waals surface area contributed by atoms with E-state index in [2.05, 4.69) is 65.0 Å². The van der Waals surface area contributed by atoms with Crippen LogP contribution in [0.1, 0.15) is 66.2 Å². The first-order chi connectivity index (χ1) is 18.2. The predicted molar refractivity (Wildman–Crippen MR) is 149 cm³/mol. The topological polar surface area (TPSA) is 60.2 Å². The maximum absolute atomic E-state index is 13.1. The van der Waals surface area contributed by atoms with Crippen LogP contribution in [0.3, 0.4) is 0 Å². The van der Waals surface area contributed by atoms with Crippen molar-refractivity contribution in [3.63, 3.8) is 0 Å². The molecule has 37 heavy (non-hydrogen) atoms. The molecule has 1 atom stereocenters. The molecule has 1 aromatic heterocycles. The van der Waals surface area contributed by atoms with E-state index in [0.717, 1.165) is 69.8 Å². The predicted octanol–water partition coefficient (Wildman–Crippen LogP) is 5.63. The minimum absolute atomic E-state index is 0.137. The molecule has 2 aliphatic rings. The highest BCUT2D eigenvalue weighted by atomic mass is 32.2. The van der Waals surface area contributed by atoms with Gasteiger partial charge in [-0.3, -0.25) is 4.79 Å². The molecule has 0 bridgehead atoms. The molecule has 3 heterocycles. The lowest BCUT2D eigenvalue weighted by molar-refractivity contribution is -0.117. The maximum Gasteiger partial charge on any atom is 0.192 e. The van der Waals surface area contributed by atoms with Crippen molar-refractivity contribution in [2.75, 3.05) is 32.8 Å². The molecule has 3 aromatic rings. The van der Waals surface area contributed by atoms with Crippen LogP contribution < -0.4 is 0 Å². The molecule has 2 saturated heterocycles. The summed E-state index contributed by atoms with van der Waals surface area (Å²) >= 11 is 1.55. The number of nitrogens with zero attached hydrogens (tertiary/aromatic N) is 4. The van der Waals surface area contributed by atoms with Crippen molar-refractivity contribution in [2.24, 2.45) is 5.92 Å². The maximum atomic E-state index is 13.1. The quantitative estimate of drug-likeness (QED) is 0.366. The Bertz CT molecular complexity index is 1120. The Labute approximate surface area is 224 Å². The van der Waals surface area contributed by atoms with E-state index in [4.69, 9.17) is 14.8 Å². The highest BCUT2D eigenvalue weighted by Crippen LogP contribution is 2.37. The van der Waals surface area contributed by atoms with Crippen LogP contribution in [0.25, 0.3) is 0 Å². The Hall–Kier alpha value is -2.48. The van der Waals surface area contributed by atoms with E-state index < -0.39 is 0 Å². The lowest BCUT2D eigenvalue weighted by atomic mass is 10.0. The van der Waals surface area contributed by atoms with Gasteiger partial charge in [0.05, 0.1) is 6.04 Å². The van der Waals surface area contributed by atoms with Crippen LogP contribution >= 0.6 is 11.8 Å². The van der Waals surface area contributed by atoms with Gasteiger partial charge in [-0.15, -0.1) is 0 Å². The second-order valence-corrected chi connectivity index (χ2v) is 11.5. The van der Waals surface area contributed by atoms with Gasteiger partial charge >= 0.3 is 0 Å². The summed E-state index contributed by atoms with van der Waals surface area (Å²) in [6.07, 6.45) is 5.64. The molecule has 2 aliphatic heterocycles. The fraction of sp³-hybridized carbons (Fsp3) is 0.500. The van der Waals surface area contributed by atoms with E-state index in [9.17, 15) is 4.79 Å². The molecule has 0 aliphatic carbocycles. The summed E-state index contributed by atoms with van der Waals surface area (Å²) in [4.78, 5) is 20.4. The summed E-state index contributed by atoms with van der Waals surface area (Å²) in [5, 5.41) is 5.42.